The maximum absolute atomic E-state index is 10.3. The third-order valence-electron chi connectivity index (χ3n) is 1.59. The SMILES string of the molecule is Cc1cc([N+](=O)[O-])ccc1NN=O. The van der Waals surface area contributed by atoms with Crippen LogP contribution in [0.4, 0.5) is 11.4 Å². The molecule has 0 aromatic heterocycles. The van der Waals surface area contributed by atoms with E-state index >= 15 is 0 Å². The van der Waals surface area contributed by atoms with Crippen LogP contribution in [0.15, 0.2) is 23.5 Å². The van der Waals surface area contributed by atoms with Crippen molar-refractivity contribution >= 4 is 11.4 Å². The first kappa shape index (κ1) is 9.11. The Hall–Kier alpha value is -1.98. The predicted molar refractivity (Wildman–Crippen MR) is 47.3 cm³/mol. The highest BCUT2D eigenvalue weighted by Crippen LogP contribution is 2.20. The van der Waals surface area contributed by atoms with Crippen molar-refractivity contribution in [3.8, 4) is 0 Å². The number of nitro benzene ring substituents is 1. The number of nitro groups is 1. The molecule has 6 nitrogen and oxygen atoms in total. The molecular weight excluding hydrogens is 174 g/mol. The van der Waals surface area contributed by atoms with Crippen molar-refractivity contribution in [3.05, 3.63) is 38.8 Å². The minimum absolute atomic E-state index is 0.00560. The standard InChI is InChI=1S/C7H7N3O3/c1-5-4-6(10(12)13)2-3-7(5)8-9-11/h2-4H,1H3,(H,8,11). The first-order chi connectivity index (χ1) is 6.15. The van der Waals surface area contributed by atoms with Gasteiger partial charge in [-0.05, 0) is 18.6 Å². The van der Waals surface area contributed by atoms with E-state index in [1.165, 1.54) is 18.2 Å². The summed E-state index contributed by atoms with van der Waals surface area (Å²) < 4.78 is 0. The van der Waals surface area contributed by atoms with Gasteiger partial charge < -0.3 is 0 Å². The molecule has 0 aliphatic carbocycles. The Morgan fingerprint density at radius 1 is 1.54 bits per heavy atom. The van der Waals surface area contributed by atoms with Gasteiger partial charge in [-0.25, -0.2) is 5.43 Å². The lowest BCUT2D eigenvalue weighted by Crippen LogP contribution is -1.93. The second-order valence-electron chi connectivity index (χ2n) is 2.46. The monoisotopic (exact) mass is 181 g/mol. The largest absolute Gasteiger partial charge is 0.269 e. The van der Waals surface area contributed by atoms with Crippen LogP contribution in [0.2, 0.25) is 0 Å². The van der Waals surface area contributed by atoms with Crippen LogP contribution in [0.1, 0.15) is 5.56 Å². The van der Waals surface area contributed by atoms with Gasteiger partial charge in [-0.15, -0.1) is 4.91 Å². The van der Waals surface area contributed by atoms with E-state index in [-0.39, 0.29) is 5.69 Å². The molecule has 0 heterocycles. The smallest absolute Gasteiger partial charge is 0.258 e. The molecule has 0 amide bonds. The van der Waals surface area contributed by atoms with Crippen molar-refractivity contribution in [3.63, 3.8) is 0 Å². The highest BCUT2D eigenvalue weighted by atomic mass is 16.6. The molecule has 6 heteroatoms. The maximum Gasteiger partial charge on any atom is 0.269 e. The van der Waals surface area contributed by atoms with Crippen molar-refractivity contribution in [2.75, 3.05) is 5.43 Å². The molecule has 1 rings (SSSR count). The van der Waals surface area contributed by atoms with Crippen molar-refractivity contribution in [2.24, 2.45) is 5.29 Å². The topological polar surface area (TPSA) is 84.6 Å². The average Bonchev–Trinajstić information content (AvgIpc) is 2.08. The summed E-state index contributed by atoms with van der Waals surface area (Å²) in [5, 5.41) is 12.8. The third kappa shape index (κ3) is 1.98. The Labute approximate surface area is 73.7 Å². The van der Waals surface area contributed by atoms with Gasteiger partial charge in [0.25, 0.3) is 5.69 Å². The molecule has 0 saturated heterocycles. The van der Waals surface area contributed by atoms with Crippen molar-refractivity contribution in [1.82, 2.24) is 0 Å². The fourth-order valence-corrected chi connectivity index (χ4v) is 0.936. The van der Waals surface area contributed by atoms with E-state index in [0.717, 1.165) is 0 Å². The van der Waals surface area contributed by atoms with Gasteiger partial charge in [0.1, 0.15) is 0 Å². The molecular formula is C7H7N3O3. The second kappa shape index (κ2) is 3.61. The zero-order valence-electron chi connectivity index (χ0n) is 6.85. The number of rotatable bonds is 3. The van der Waals surface area contributed by atoms with Crippen LogP contribution >= 0.6 is 0 Å². The summed E-state index contributed by atoms with van der Waals surface area (Å²) in [7, 11) is 0. The lowest BCUT2D eigenvalue weighted by molar-refractivity contribution is -0.384. The lowest BCUT2D eigenvalue weighted by atomic mass is 10.2. The van der Waals surface area contributed by atoms with E-state index in [9.17, 15) is 15.0 Å². The van der Waals surface area contributed by atoms with Gasteiger partial charge in [0.15, 0.2) is 0 Å². The summed E-state index contributed by atoms with van der Waals surface area (Å²) >= 11 is 0. The fourth-order valence-electron chi connectivity index (χ4n) is 0.936. The molecule has 1 N–H and O–H groups in total. The van der Waals surface area contributed by atoms with Gasteiger partial charge in [0.05, 0.1) is 15.9 Å². The number of aryl methyl sites for hydroxylation is 1. The first-order valence-corrected chi connectivity index (χ1v) is 3.48. The van der Waals surface area contributed by atoms with Crippen LogP contribution < -0.4 is 5.43 Å². The van der Waals surface area contributed by atoms with E-state index in [0.29, 0.717) is 11.3 Å². The number of hydrogen-bond acceptors (Lipinski definition) is 4. The number of nitroso groups, excluding NO2 is 1. The molecule has 0 aliphatic heterocycles. The molecule has 0 spiro atoms. The zero-order valence-corrected chi connectivity index (χ0v) is 6.85. The summed E-state index contributed by atoms with van der Waals surface area (Å²) in [6, 6.07) is 4.11. The van der Waals surface area contributed by atoms with Crippen molar-refractivity contribution < 1.29 is 4.92 Å². The number of benzene rings is 1. The van der Waals surface area contributed by atoms with Gasteiger partial charge in [-0.1, -0.05) is 0 Å². The van der Waals surface area contributed by atoms with Gasteiger partial charge >= 0.3 is 0 Å². The number of nitrogens with zero attached hydrogens (tertiary/aromatic N) is 2. The first-order valence-electron chi connectivity index (χ1n) is 3.48. The lowest BCUT2D eigenvalue weighted by Gasteiger charge is -2.00. The summed E-state index contributed by atoms with van der Waals surface area (Å²) in [6.07, 6.45) is 0. The van der Waals surface area contributed by atoms with Gasteiger partial charge in [-0.2, -0.15) is 0 Å². The number of hydrogen-bond donors (Lipinski definition) is 1. The Bertz CT molecular complexity index is 351. The third-order valence-corrected chi connectivity index (χ3v) is 1.59. The Morgan fingerprint density at radius 3 is 2.69 bits per heavy atom. The minimum Gasteiger partial charge on any atom is -0.258 e. The molecule has 0 aliphatic rings. The zero-order chi connectivity index (χ0) is 9.84. The molecule has 68 valence electrons. The molecule has 0 bridgehead atoms. The molecule has 1 aromatic rings. The molecule has 0 atom stereocenters. The van der Waals surface area contributed by atoms with Crippen LogP contribution in [0, 0.1) is 21.9 Å². The summed E-state index contributed by atoms with van der Waals surface area (Å²) in [5.74, 6) is 0. The summed E-state index contributed by atoms with van der Waals surface area (Å²) in [6.45, 7) is 1.65. The van der Waals surface area contributed by atoms with E-state index in [1.54, 1.807) is 6.92 Å². The Morgan fingerprint density at radius 2 is 2.23 bits per heavy atom. The summed E-state index contributed by atoms with van der Waals surface area (Å²) in [4.78, 5) is 19.7. The van der Waals surface area contributed by atoms with Gasteiger partial charge in [0, 0.05) is 12.1 Å². The average molecular weight is 181 g/mol. The molecule has 0 fully saturated rings. The second-order valence-corrected chi connectivity index (χ2v) is 2.46. The van der Waals surface area contributed by atoms with Gasteiger partial charge in [-0.3, -0.25) is 10.1 Å². The normalized spacial score (nSPS) is 9.31. The maximum atomic E-state index is 10.3. The van der Waals surface area contributed by atoms with E-state index in [1.807, 2.05) is 0 Å². The molecule has 13 heavy (non-hydrogen) atoms. The van der Waals surface area contributed by atoms with Crippen LogP contribution in [0.3, 0.4) is 0 Å². The van der Waals surface area contributed by atoms with E-state index < -0.39 is 4.92 Å². The molecule has 0 unspecified atom stereocenters. The highest BCUT2D eigenvalue weighted by Gasteiger charge is 2.07. The molecule has 0 saturated carbocycles. The van der Waals surface area contributed by atoms with E-state index in [2.05, 4.69) is 10.7 Å². The molecule has 1 aromatic carbocycles. The summed E-state index contributed by atoms with van der Waals surface area (Å²) in [5.41, 5.74) is 3.26. The quantitative estimate of drug-likeness (QED) is 0.439. The van der Waals surface area contributed by atoms with Crippen LogP contribution in [0.5, 0.6) is 0 Å². The fraction of sp³-hybridized carbons (Fsp3) is 0.143. The van der Waals surface area contributed by atoms with Crippen LogP contribution in [-0.4, -0.2) is 4.92 Å². The van der Waals surface area contributed by atoms with Crippen LogP contribution in [0.25, 0.3) is 0 Å². The molecule has 0 radical (unpaired) electrons. The van der Waals surface area contributed by atoms with Crippen LogP contribution in [-0.2, 0) is 0 Å². The highest BCUT2D eigenvalue weighted by molar-refractivity contribution is 5.54. The Balaban J connectivity index is 3.04. The number of non-ortho nitro benzene ring substituents is 1. The van der Waals surface area contributed by atoms with Crippen molar-refractivity contribution in [2.45, 2.75) is 6.92 Å². The van der Waals surface area contributed by atoms with Gasteiger partial charge in [0.2, 0.25) is 0 Å². The van der Waals surface area contributed by atoms with Crippen molar-refractivity contribution in [1.29, 1.82) is 0 Å². The Kier molecular flexibility index (Phi) is 2.53. The van der Waals surface area contributed by atoms with E-state index in [4.69, 9.17) is 0 Å². The minimum atomic E-state index is -0.495. The predicted octanol–water partition coefficient (Wildman–Crippen LogP) is 2.00. The number of anilines is 1. The number of nitrogens with one attached hydrogen (secondary N) is 1.